The van der Waals surface area contributed by atoms with Crippen molar-refractivity contribution in [2.24, 2.45) is 0 Å². The minimum absolute atomic E-state index is 0.271. The first kappa shape index (κ1) is 22.9. The molecule has 0 radical (unpaired) electrons. The summed E-state index contributed by atoms with van der Waals surface area (Å²) in [6.07, 6.45) is 5.13. The van der Waals surface area contributed by atoms with Gasteiger partial charge < -0.3 is 13.3 Å². The van der Waals surface area contributed by atoms with E-state index >= 15 is 0 Å². The zero-order chi connectivity index (χ0) is 17.6. The van der Waals surface area contributed by atoms with Crippen LogP contribution in [0, 0.1) is 0 Å². The molecule has 0 fully saturated rings. The molecule has 0 unspecified atom stereocenters. The number of hydrogen-bond donors (Lipinski definition) is 0. The monoisotopic (exact) mass is 358 g/mol. The molecule has 140 valence electrons. The molecule has 0 amide bonds. The van der Waals surface area contributed by atoms with E-state index in [1.165, 1.54) is 19.3 Å². The summed E-state index contributed by atoms with van der Waals surface area (Å²) in [5, 5.41) is 0. The molecule has 0 N–H and O–H groups in total. The van der Waals surface area contributed by atoms with Crippen molar-refractivity contribution in [1.29, 1.82) is 0 Å². The minimum atomic E-state index is -3.99. The van der Waals surface area contributed by atoms with E-state index in [1.807, 2.05) is 0 Å². The largest absolute Gasteiger partial charge is 0.500 e. The quantitative estimate of drug-likeness (QED) is 0.277. The molecule has 0 aromatic heterocycles. The molecule has 0 aliphatic rings. The van der Waals surface area contributed by atoms with Crippen LogP contribution in [0.4, 0.5) is 13.2 Å². The minimum Gasteiger partial charge on any atom is -0.377 e. The summed E-state index contributed by atoms with van der Waals surface area (Å²) in [5.74, 6) is 0. The molecule has 3 nitrogen and oxygen atoms in total. The van der Waals surface area contributed by atoms with Crippen LogP contribution in [0.1, 0.15) is 70.6 Å². The number of rotatable bonds is 15. The van der Waals surface area contributed by atoms with Crippen LogP contribution in [0.2, 0.25) is 6.04 Å². The highest BCUT2D eigenvalue weighted by Gasteiger charge is 2.36. The lowest BCUT2D eigenvalue weighted by Crippen LogP contribution is -2.42. The molecule has 0 saturated carbocycles. The van der Waals surface area contributed by atoms with Gasteiger partial charge in [-0.3, -0.25) is 0 Å². The summed E-state index contributed by atoms with van der Waals surface area (Å²) in [7, 11) is 2.49. The Morgan fingerprint density at radius 3 is 1.30 bits per heavy atom. The molecule has 0 aliphatic heterocycles. The number of hydrogen-bond acceptors (Lipinski definition) is 3. The molecular weight excluding hydrogens is 325 g/mol. The lowest BCUT2D eigenvalue weighted by Gasteiger charge is -2.24. The Morgan fingerprint density at radius 1 is 0.609 bits per heavy atom. The predicted octanol–water partition coefficient (Wildman–Crippen LogP) is 5.72. The van der Waals surface area contributed by atoms with Crippen LogP contribution in [0.3, 0.4) is 0 Å². The fraction of sp³-hybridized carbons (Fsp3) is 1.00. The Kier molecular flexibility index (Phi) is 13.1. The van der Waals surface area contributed by atoms with Crippen LogP contribution < -0.4 is 0 Å². The van der Waals surface area contributed by atoms with E-state index in [-0.39, 0.29) is 6.42 Å². The summed E-state index contributed by atoms with van der Waals surface area (Å²) >= 11 is 0. The Balaban J connectivity index is 3.34. The van der Waals surface area contributed by atoms with Crippen LogP contribution in [0.25, 0.3) is 0 Å². The van der Waals surface area contributed by atoms with E-state index in [4.69, 9.17) is 13.3 Å². The molecule has 0 heterocycles. The third kappa shape index (κ3) is 12.9. The first-order chi connectivity index (χ1) is 10.9. The maximum absolute atomic E-state index is 12.0. The lowest BCUT2D eigenvalue weighted by atomic mass is 10.1. The standard InChI is InChI=1S/C16H33F3O3Si/c1-20-23(21-2,22-3)15-13-11-9-7-5-4-6-8-10-12-14-16(17,18)19/h4-15H2,1-3H3. The van der Waals surface area contributed by atoms with Gasteiger partial charge in [0.1, 0.15) is 0 Å². The van der Waals surface area contributed by atoms with Gasteiger partial charge in [0.2, 0.25) is 0 Å². The lowest BCUT2D eigenvalue weighted by molar-refractivity contribution is -0.135. The van der Waals surface area contributed by atoms with Crippen molar-refractivity contribution < 1.29 is 26.4 Å². The van der Waals surface area contributed by atoms with Crippen molar-refractivity contribution >= 4 is 8.80 Å². The normalized spacial score (nSPS) is 12.8. The van der Waals surface area contributed by atoms with Crippen molar-refractivity contribution in [3.8, 4) is 0 Å². The zero-order valence-corrected chi connectivity index (χ0v) is 15.8. The number of halogens is 3. The summed E-state index contributed by atoms with van der Waals surface area (Å²) in [6, 6.07) is 0.843. The van der Waals surface area contributed by atoms with Gasteiger partial charge in [-0.2, -0.15) is 13.2 Å². The summed E-state index contributed by atoms with van der Waals surface area (Å²) in [5.41, 5.74) is 0. The molecule has 0 bridgehead atoms. The molecule has 23 heavy (non-hydrogen) atoms. The van der Waals surface area contributed by atoms with Gasteiger partial charge in [0.05, 0.1) is 0 Å². The summed E-state index contributed by atoms with van der Waals surface area (Å²) < 4.78 is 52.0. The third-order valence-corrected chi connectivity index (χ3v) is 6.96. The second-order valence-electron chi connectivity index (χ2n) is 5.95. The predicted molar refractivity (Wildman–Crippen MR) is 88.4 cm³/mol. The Bertz CT molecular complexity index is 264. The van der Waals surface area contributed by atoms with Gasteiger partial charge in [0.25, 0.3) is 0 Å². The van der Waals surface area contributed by atoms with Crippen LogP contribution in [-0.4, -0.2) is 36.3 Å². The molecule has 0 aromatic carbocycles. The molecule has 0 saturated heterocycles. The smallest absolute Gasteiger partial charge is 0.377 e. The maximum Gasteiger partial charge on any atom is 0.500 e. The highest BCUT2D eigenvalue weighted by Crippen LogP contribution is 2.23. The topological polar surface area (TPSA) is 27.7 Å². The Hall–Kier alpha value is -0.113. The molecule has 0 spiro atoms. The SMILES string of the molecule is CO[Si](CCCCCCCCCCCCC(F)(F)F)(OC)OC. The third-order valence-electron chi connectivity index (χ3n) is 4.13. The highest BCUT2D eigenvalue weighted by atomic mass is 28.4. The average molecular weight is 359 g/mol. The van der Waals surface area contributed by atoms with Gasteiger partial charge in [-0.15, -0.1) is 0 Å². The first-order valence-corrected chi connectivity index (χ1v) is 10.5. The van der Waals surface area contributed by atoms with Gasteiger partial charge in [-0.1, -0.05) is 51.4 Å². The van der Waals surface area contributed by atoms with Crippen molar-refractivity contribution in [1.82, 2.24) is 0 Å². The van der Waals surface area contributed by atoms with Crippen molar-refractivity contribution in [2.45, 2.75) is 82.8 Å². The first-order valence-electron chi connectivity index (χ1n) is 8.61. The molecule has 0 aliphatic carbocycles. The fourth-order valence-corrected chi connectivity index (χ4v) is 4.43. The maximum atomic E-state index is 12.0. The number of unbranched alkanes of at least 4 members (excludes halogenated alkanes) is 9. The second-order valence-corrected chi connectivity index (χ2v) is 9.04. The van der Waals surface area contributed by atoms with E-state index in [0.717, 1.165) is 38.1 Å². The van der Waals surface area contributed by atoms with Crippen LogP contribution in [-0.2, 0) is 13.3 Å². The molecule has 0 rings (SSSR count). The van der Waals surface area contributed by atoms with E-state index in [9.17, 15) is 13.2 Å². The highest BCUT2D eigenvalue weighted by molar-refractivity contribution is 6.60. The Labute approximate surface area is 140 Å². The van der Waals surface area contributed by atoms with E-state index in [2.05, 4.69) is 0 Å². The van der Waals surface area contributed by atoms with Gasteiger partial charge in [-0.05, 0) is 12.8 Å². The molecule has 7 heteroatoms. The van der Waals surface area contributed by atoms with E-state index in [0.29, 0.717) is 6.42 Å². The van der Waals surface area contributed by atoms with Gasteiger partial charge >= 0.3 is 15.0 Å². The van der Waals surface area contributed by atoms with Gasteiger partial charge in [0, 0.05) is 33.8 Å². The summed E-state index contributed by atoms with van der Waals surface area (Å²) in [4.78, 5) is 0. The van der Waals surface area contributed by atoms with Crippen molar-refractivity contribution in [3.05, 3.63) is 0 Å². The average Bonchev–Trinajstić information content (AvgIpc) is 2.52. The molecule has 0 atom stereocenters. The van der Waals surface area contributed by atoms with E-state index in [1.54, 1.807) is 21.3 Å². The van der Waals surface area contributed by atoms with Crippen LogP contribution >= 0.6 is 0 Å². The Morgan fingerprint density at radius 2 is 0.957 bits per heavy atom. The second kappa shape index (κ2) is 13.2. The molecule has 0 aromatic rings. The van der Waals surface area contributed by atoms with Crippen molar-refractivity contribution in [3.63, 3.8) is 0 Å². The zero-order valence-electron chi connectivity index (χ0n) is 14.8. The fourth-order valence-electron chi connectivity index (χ4n) is 2.64. The van der Waals surface area contributed by atoms with Crippen LogP contribution in [0.5, 0.6) is 0 Å². The van der Waals surface area contributed by atoms with E-state index < -0.39 is 21.4 Å². The summed E-state index contributed by atoms with van der Waals surface area (Å²) in [6.45, 7) is 0. The van der Waals surface area contributed by atoms with Crippen LogP contribution in [0.15, 0.2) is 0 Å². The van der Waals surface area contributed by atoms with Gasteiger partial charge in [0.15, 0.2) is 0 Å². The number of alkyl halides is 3. The van der Waals surface area contributed by atoms with Crippen molar-refractivity contribution in [2.75, 3.05) is 21.3 Å². The molecular formula is C16H33F3O3Si. The van der Waals surface area contributed by atoms with Gasteiger partial charge in [-0.25, -0.2) is 0 Å².